The van der Waals surface area contributed by atoms with E-state index in [0.717, 1.165) is 23.9 Å². The van der Waals surface area contributed by atoms with Crippen LogP contribution in [0.2, 0.25) is 0 Å². The van der Waals surface area contributed by atoms with Crippen molar-refractivity contribution < 1.29 is 18.0 Å². The van der Waals surface area contributed by atoms with Crippen LogP contribution in [0.3, 0.4) is 0 Å². The number of nitrogens with one attached hydrogen (secondary N) is 2. The van der Waals surface area contributed by atoms with Gasteiger partial charge in [0.1, 0.15) is 0 Å². The fourth-order valence-corrected chi connectivity index (χ4v) is 3.21. The minimum absolute atomic E-state index is 0.0608. The van der Waals surface area contributed by atoms with E-state index in [-0.39, 0.29) is 11.8 Å². The van der Waals surface area contributed by atoms with Crippen molar-refractivity contribution in [3.05, 3.63) is 29.6 Å². The minimum Gasteiger partial charge on any atom is -0.358 e. The van der Waals surface area contributed by atoms with E-state index in [4.69, 9.17) is 0 Å². The van der Waals surface area contributed by atoms with Gasteiger partial charge in [-0.3, -0.25) is 4.79 Å². The summed E-state index contributed by atoms with van der Waals surface area (Å²) in [6.45, 7) is 3.91. The number of carbonyl (C=O) groups excluding carboxylic acids is 1. The molecule has 2 rings (SSSR count). The number of nitrogens with zero attached hydrogens (tertiary/aromatic N) is 2. The second kappa shape index (κ2) is 7.64. The molecule has 10 heteroatoms. The Labute approximate surface area is 138 Å². The monoisotopic (exact) mass is 362 g/mol. The molecule has 0 radical (unpaired) electrons. The molecule has 2 aromatic rings. The van der Waals surface area contributed by atoms with Crippen molar-refractivity contribution in [3.8, 4) is 0 Å². The summed E-state index contributed by atoms with van der Waals surface area (Å²) in [6.07, 6.45) is 0. The fraction of sp³-hybridized carbons (Fsp3) is 0.308. The zero-order chi connectivity index (χ0) is 17.0. The van der Waals surface area contributed by atoms with Crippen molar-refractivity contribution in [2.75, 3.05) is 16.4 Å². The highest BCUT2D eigenvalue weighted by molar-refractivity contribution is 8.01. The first-order valence-corrected chi connectivity index (χ1v) is 8.33. The molecule has 0 saturated heterocycles. The molecule has 23 heavy (non-hydrogen) atoms. The van der Waals surface area contributed by atoms with Crippen molar-refractivity contribution >= 4 is 39.8 Å². The minimum atomic E-state index is -1.62. The van der Waals surface area contributed by atoms with Crippen LogP contribution in [0.1, 0.15) is 13.8 Å². The second-order valence-electron chi connectivity index (χ2n) is 4.73. The maximum absolute atomic E-state index is 13.4. The van der Waals surface area contributed by atoms with E-state index >= 15 is 0 Å². The average molecular weight is 362 g/mol. The number of thioether (sulfide) groups is 1. The van der Waals surface area contributed by atoms with Crippen LogP contribution in [0, 0.1) is 17.5 Å². The smallest absolute Gasteiger partial charge is 0.234 e. The van der Waals surface area contributed by atoms with Crippen LogP contribution in [0.15, 0.2) is 16.5 Å². The van der Waals surface area contributed by atoms with Crippen LogP contribution >= 0.6 is 23.1 Å². The van der Waals surface area contributed by atoms with E-state index in [2.05, 4.69) is 20.8 Å². The third-order valence-corrected chi connectivity index (χ3v) is 4.44. The van der Waals surface area contributed by atoms with Crippen molar-refractivity contribution in [1.29, 1.82) is 0 Å². The maximum atomic E-state index is 13.4. The third-order valence-electron chi connectivity index (χ3n) is 2.45. The predicted octanol–water partition coefficient (Wildman–Crippen LogP) is 3.51. The molecular formula is C13H13F3N4OS2. The highest BCUT2D eigenvalue weighted by Crippen LogP contribution is 2.26. The summed E-state index contributed by atoms with van der Waals surface area (Å²) < 4.78 is 39.9. The largest absolute Gasteiger partial charge is 0.358 e. The molecule has 0 saturated carbocycles. The van der Waals surface area contributed by atoms with Gasteiger partial charge in [0.25, 0.3) is 0 Å². The highest BCUT2D eigenvalue weighted by atomic mass is 32.2. The molecule has 0 atom stereocenters. The molecule has 1 aromatic carbocycles. The number of anilines is 2. The predicted molar refractivity (Wildman–Crippen MR) is 84.3 cm³/mol. The lowest BCUT2D eigenvalue weighted by atomic mass is 10.3. The van der Waals surface area contributed by atoms with Crippen molar-refractivity contribution in [3.63, 3.8) is 0 Å². The van der Waals surface area contributed by atoms with Gasteiger partial charge < -0.3 is 10.6 Å². The molecule has 1 amide bonds. The summed E-state index contributed by atoms with van der Waals surface area (Å²) in [5.74, 6) is -4.98. The second-order valence-corrected chi connectivity index (χ2v) is 6.93. The SMILES string of the molecule is CC(C)Nc1nnc(SCC(=O)Nc2ccc(F)c(F)c2F)s1. The lowest BCUT2D eigenvalue weighted by Gasteiger charge is -2.06. The number of aromatic nitrogens is 2. The number of carbonyl (C=O) groups is 1. The van der Waals surface area contributed by atoms with Gasteiger partial charge in [-0.2, -0.15) is 0 Å². The van der Waals surface area contributed by atoms with Crippen LogP contribution in [0.25, 0.3) is 0 Å². The topological polar surface area (TPSA) is 66.9 Å². The Morgan fingerprint density at radius 2 is 2.00 bits per heavy atom. The summed E-state index contributed by atoms with van der Waals surface area (Å²) in [6, 6.07) is 1.92. The van der Waals surface area contributed by atoms with Crippen molar-refractivity contribution in [2.45, 2.75) is 24.2 Å². The van der Waals surface area contributed by atoms with Gasteiger partial charge in [0, 0.05) is 6.04 Å². The number of benzene rings is 1. The Hall–Kier alpha value is -1.81. The molecule has 0 fully saturated rings. The lowest BCUT2D eigenvalue weighted by molar-refractivity contribution is -0.113. The first-order valence-electron chi connectivity index (χ1n) is 6.53. The Morgan fingerprint density at radius 1 is 1.26 bits per heavy atom. The molecule has 124 valence electrons. The van der Waals surface area contributed by atoms with Crippen LogP contribution in [0.5, 0.6) is 0 Å². The van der Waals surface area contributed by atoms with Gasteiger partial charge in [-0.25, -0.2) is 13.2 Å². The molecule has 2 N–H and O–H groups in total. The summed E-state index contributed by atoms with van der Waals surface area (Å²) in [7, 11) is 0. The molecule has 0 aliphatic heterocycles. The standard InChI is InChI=1S/C13H13F3N4OS2/c1-6(2)17-12-19-20-13(23-12)22-5-9(21)18-8-4-3-7(14)10(15)11(8)16/h3-4,6H,5H2,1-2H3,(H,17,19)(H,18,21). The fourth-order valence-electron chi connectivity index (χ4n) is 1.51. The Bertz CT molecular complexity index is 709. The molecular weight excluding hydrogens is 349 g/mol. The number of rotatable bonds is 6. The molecule has 1 heterocycles. The van der Waals surface area contributed by atoms with E-state index in [1.165, 1.54) is 11.3 Å². The van der Waals surface area contributed by atoms with Crippen LogP contribution < -0.4 is 10.6 Å². The number of halogens is 3. The molecule has 0 bridgehead atoms. The Balaban J connectivity index is 1.90. The van der Waals surface area contributed by atoms with Crippen LogP contribution in [0.4, 0.5) is 24.0 Å². The summed E-state index contributed by atoms with van der Waals surface area (Å²) >= 11 is 2.39. The normalized spacial score (nSPS) is 10.9. The quantitative estimate of drug-likeness (QED) is 0.608. The van der Waals surface area contributed by atoms with E-state index in [0.29, 0.717) is 9.47 Å². The first-order chi connectivity index (χ1) is 10.9. The van der Waals surface area contributed by atoms with Gasteiger partial charge in [-0.05, 0) is 26.0 Å². The van der Waals surface area contributed by atoms with E-state index in [1.807, 2.05) is 13.8 Å². The molecule has 0 unspecified atom stereocenters. The number of amides is 1. The molecule has 0 spiro atoms. The first kappa shape index (κ1) is 17.5. The zero-order valence-corrected chi connectivity index (χ0v) is 13.8. The van der Waals surface area contributed by atoms with Gasteiger partial charge in [-0.1, -0.05) is 23.1 Å². The Kier molecular flexibility index (Phi) is 5.83. The summed E-state index contributed by atoms with van der Waals surface area (Å²) in [4.78, 5) is 11.7. The van der Waals surface area contributed by atoms with Gasteiger partial charge in [0.15, 0.2) is 21.8 Å². The van der Waals surface area contributed by atoms with Gasteiger partial charge in [-0.15, -0.1) is 10.2 Å². The summed E-state index contributed by atoms with van der Waals surface area (Å²) in [5.41, 5.74) is -0.408. The lowest BCUT2D eigenvalue weighted by Crippen LogP contribution is -2.15. The van der Waals surface area contributed by atoms with Gasteiger partial charge in [0.05, 0.1) is 11.4 Å². The molecule has 1 aromatic heterocycles. The van der Waals surface area contributed by atoms with Gasteiger partial charge >= 0.3 is 0 Å². The average Bonchev–Trinajstić information content (AvgIpc) is 2.92. The molecule has 5 nitrogen and oxygen atoms in total. The van der Waals surface area contributed by atoms with Gasteiger partial charge in [0.2, 0.25) is 11.0 Å². The number of hydrogen-bond acceptors (Lipinski definition) is 6. The zero-order valence-electron chi connectivity index (χ0n) is 12.2. The van der Waals surface area contributed by atoms with Crippen LogP contribution in [-0.4, -0.2) is 27.9 Å². The van der Waals surface area contributed by atoms with Crippen molar-refractivity contribution in [2.24, 2.45) is 0 Å². The molecule has 0 aliphatic carbocycles. The van der Waals surface area contributed by atoms with Crippen LogP contribution in [-0.2, 0) is 4.79 Å². The Morgan fingerprint density at radius 3 is 2.70 bits per heavy atom. The molecule has 0 aliphatic rings. The van der Waals surface area contributed by atoms with E-state index < -0.39 is 29.0 Å². The van der Waals surface area contributed by atoms with Crippen molar-refractivity contribution in [1.82, 2.24) is 10.2 Å². The summed E-state index contributed by atoms with van der Waals surface area (Å²) in [5, 5.41) is 13.7. The highest BCUT2D eigenvalue weighted by Gasteiger charge is 2.16. The number of hydrogen-bond donors (Lipinski definition) is 2. The maximum Gasteiger partial charge on any atom is 0.234 e. The van der Waals surface area contributed by atoms with E-state index in [9.17, 15) is 18.0 Å². The third kappa shape index (κ3) is 4.83. The van der Waals surface area contributed by atoms with E-state index in [1.54, 1.807) is 0 Å².